The molecule has 1 aliphatic heterocycles. The van der Waals surface area contributed by atoms with Gasteiger partial charge in [-0.1, -0.05) is 0 Å². The van der Waals surface area contributed by atoms with E-state index in [4.69, 9.17) is 5.73 Å². The van der Waals surface area contributed by atoms with Gasteiger partial charge in [0.15, 0.2) is 5.13 Å². The van der Waals surface area contributed by atoms with Crippen LogP contribution < -0.4 is 10.6 Å². The Morgan fingerprint density at radius 1 is 1.16 bits per heavy atom. The Labute approximate surface area is 116 Å². The second-order valence-electron chi connectivity index (χ2n) is 4.66. The summed E-state index contributed by atoms with van der Waals surface area (Å²) in [6, 6.07) is 3.91. The van der Waals surface area contributed by atoms with Crippen LogP contribution >= 0.6 is 11.3 Å². The number of piperazine rings is 1. The van der Waals surface area contributed by atoms with Crippen molar-refractivity contribution in [2.24, 2.45) is 0 Å². The van der Waals surface area contributed by atoms with Crippen LogP contribution in [0.2, 0.25) is 0 Å². The highest BCUT2D eigenvalue weighted by Crippen LogP contribution is 2.19. The quantitative estimate of drug-likeness (QED) is 0.918. The second kappa shape index (κ2) is 5.54. The predicted octanol–water partition coefficient (Wildman–Crippen LogP) is 1.44. The number of thiazole rings is 1. The normalized spacial score (nSPS) is 16.7. The first-order chi connectivity index (χ1) is 9.31. The molecule has 2 N–H and O–H groups in total. The minimum Gasteiger partial charge on any atom is -0.397 e. The van der Waals surface area contributed by atoms with Gasteiger partial charge in [0.1, 0.15) is 0 Å². The van der Waals surface area contributed by atoms with E-state index in [1.165, 1.54) is 0 Å². The summed E-state index contributed by atoms with van der Waals surface area (Å²) in [5.41, 5.74) is 7.44. The van der Waals surface area contributed by atoms with E-state index in [0.717, 1.165) is 49.2 Å². The predicted molar refractivity (Wildman–Crippen MR) is 78.3 cm³/mol. The molecule has 0 saturated carbocycles. The van der Waals surface area contributed by atoms with Crippen LogP contribution in [0, 0.1) is 0 Å². The summed E-state index contributed by atoms with van der Waals surface area (Å²) < 4.78 is 0. The van der Waals surface area contributed by atoms with E-state index in [1.54, 1.807) is 17.5 Å². The van der Waals surface area contributed by atoms with E-state index in [-0.39, 0.29) is 0 Å². The lowest BCUT2D eigenvalue weighted by atomic mass is 10.2. The van der Waals surface area contributed by atoms with Crippen molar-refractivity contribution in [2.45, 2.75) is 6.54 Å². The SMILES string of the molecule is Nc1ccc(CN2CCN(c3nccs3)CC2)nc1. The molecule has 0 spiro atoms. The van der Waals surface area contributed by atoms with Gasteiger partial charge in [0, 0.05) is 44.3 Å². The standard InChI is InChI=1S/C13H17N5S/c14-11-1-2-12(16-9-11)10-17-4-6-18(7-5-17)13-15-3-8-19-13/h1-3,8-9H,4-7,10,14H2. The number of rotatable bonds is 3. The number of aromatic nitrogens is 2. The van der Waals surface area contributed by atoms with Gasteiger partial charge in [0.05, 0.1) is 17.6 Å². The first-order valence-electron chi connectivity index (χ1n) is 6.38. The molecule has 3 heterocycles. The molecule has 1 aliphatic rings. The Hall–Kier alpha value is -1.66. The molecule has 1 fully saturated rings. The lowest BCUT2D eigenvalue weighted by molar-refractivity contribution is 0.247. The first kappa shape index (κ1) is 12.4. The van der Waals surface area contributed by atoms with Crippen molar-refractivity contribution in [2.75, 3.05) is 36.8 Å². The monoisotopic (exact) mass is 275 g/mol. The first-order valence-corrected chi connectivity index (χ1v) is 7.26. The molecule has 19 heavy (non-hydrogen) atoms. The molecule has 0 atom stereocenters. The van der Waals surface area contributed by atoms with Gasteiger partial charge >= 0.3 is 0 Å². The fourth-order valence-electron chi connectivity index (χ4n) is 2.23. The Morgan fingerprint density at radius 3 is 2.63 bits per heavy atom. The van der Waals surface area contributed by atoms with Crippen LogP contribution in [-0.2, 0) is 6.54 Å². The van der Waals surface area contributed by atoms with Gasteiger partial charge < -0.3 is 10.6 Å². The highest BCUT2D eigenvalue weighted by molar-refractivity contribution is 7.13. The zero-order valence-electron chi connectivity index (χ0n) is 10.7. The van der Waals surface area contributed by atoms with Crippen molar-refractivity contribution in [3.05, 3.63) is 35.6 Å². The van der Waals surface area contributed by atoms with Crippen molar-refractivity contribution >= 4 is 22.2 Å². The summed E-state index contributed by atoms with van der Waals surface area (Å²) in [5.74, 6) is 0. The van der Waals surface area contributed by atoms with E-state index >= 15 is 0 Å². The van der Waals surface area contributed by atoms with Gasteiger partial charge in [0.2, 0.25) is 0 Å². The van der Waals surface area contributed by atoms with Crippen molar-refractivity contribution in [3.63, 3.8) is 0 Å². The minimum atomic E-state index is 0.720. The van der Waals surface area contributed by atoms with Crippen molar-refractivity contribution in [1.29, 1.82) is 0 Å². The number of nitrogens with zero attached hydrogens (tertiary/aromatic N) is 4. The number of hydrogen-bond donors (Lipinski definition) is 1. The molecule has 3 rings (SSSR count). The molecule has 0 radical (unpaired) electrons. The summed E-state index contributed by atoms with van der Waals surface area (Å²) in [6.45, 7) is 5.05. The third kappa shape index (κ3) is 3.02. The zero-order chi connectivity index (χ0) is 13.1. The van der Waals surface area contributed by atoms with Crippen LogP contribution in [0.1, 0.15) is 5.69 Å². The number of anilines is 2. The number of nitrogen functional groups attached to an aromatic ring is 1. The summed E-state index contributed by atoms with van der Waals surface area (Å²) in [7, 11) is 0. The molecule has 0 unspecified atom stereocenters. The smallest absolute Gasteiger partial charge is 0.185 e. The van der Waals surface area contributed by atoms with Crippen LogP contribution in [0.25, 0.3) is 0 Å². The molecule has 100 valence electrons. The molecule has 1 saturated heterocycles. The molecule has 5 nitrogen and oxygen atoms in total. The van der Waals surface area contributed by atoms with Gasteiger partial charge in [-0.15, -0.1) is 11.3 Å². The van der Waals surface area contributed by atoms with Crippen LogP contribution in [0.15, 0.2) is 29.9 Å². The molecular formula is C13H17N5S. The van der Waals surface area contributed by atoms with Gasteiger partial charge in [-0.2, -0.15) is 0 Å². The molecule has 2 aromatic heterocycles. The Kier molecular flexibility index (Phi) is 3.61. The zero-order valence-corrected chi connectivity index (χ0v) is 11.5. The lowest BCUT2D eigenvalue weighted by Crippen LogP contribution is -2.46. The van der Waals surface area contributed by atoms with Crippen LogP contribution in [0.5, 0.6) is 0 Å². The van der Waals surface area contributed by atoms with Crippen molar-refractivity contribution in [1.82, 2.24) is 14.9 Å². The van der Waals surface area contributed by atoms with E-state index < -0.39 is 0 Å². The molecule has 0 amide bonds. The number of hydrogen-bond acceptors (Lipinski definition) is 6. The summed E-state index contributed by atoms with van der Waals surface area (Å²) in [4.78, 5) is 13.5. The lowest BCUT2D eigenvalue weighted by Gasteiger charge is -2.34. The van der Waals surface area contributed by atoms with E-state index in [9.17, 15) is 0 Å². The molecule has 0 aromatic carbocycles. The Balaban J connectivity index is 1.54. The molecule has 0 bridgehead atoms. The average molecular weight is 275 g/mol. The highest BCUT2D eigenvalue weighted by atomic mass is 32.1. The summed E-state index contributed by atoms with van der Waals surface area (Å²) in [5, 5.41) is 3.16. The largest absolute Gasteiger partial charge is 0.397 e. The molecular weight excluding hydrogens is 258 g/mol. The number of nitrogens with two attached hydrogens (primary N) is 1. The molecule has 2 aromatic rings. The van der Waals surface area contributed by atoms with Gasteiger partial charge in [-0.3, -0.25) is 9.88 Å². The van der Waals surface area contributed by atoms with E-state index in [1.807, 2.05) is 23.7 Å². The Morgan fingerprint density at radius 2 is 2.00 bits per heavy atom. The molecule has 0 aliphatic carbocycles. The topological polar surface area (TPSA) is 58.3 Å². The fraction of sp³-hybridized carbons (Fsp3) is 0.385. The third-order valence-corrected chi connectivity index (χ3v) is 4.13. The fourth-order valence-corrected chi connectivity index (χ4v) is 2.92. The van der Waals surface area contributed by atoms with Gasteiger partial charge in [0.25, 0.3) is 0 Å². The maximum atomic E-state index is 5.64. The maximum Gasteiger partial charge on any atom is 0.185 e. The van der Waals surface area contributed by atoms with Crippen LogP contribution in [0.3, 0.4) is 0 Å². The van der Waals surface area contributed by atoms with Gasteiger partial charge in [-0.25, -0.2) is 4.98 Å². The van der Waals surface area contributed by atoms with E-state index in [0.29, 0.717) is 0 Å². The van der Waals surface area contributed by atoms with Crippen molar-refractivity contribution < 1.29 is 0 Å². The van der Waals surface area contributed by atoms with Crippen LogP contribution in [-0.4, -0.2) is 41.0 Å². The Bertz CT molecular complexity index is 502. The average Bonchev–Trinajstić information content (AvgIpc) is 2.96. The molecule has 6 heteroatoms. The van der Waals surface area contributed by atoms with Crippen molar-refractivity contribution in [3.8, 4) is 0 Å². The summed E-state index contributed by atoms with van der Waals surface area (Å²) in [6.07, 6.45) is 3.59. The maximum absolute atomic E-state index is 5.64. The van der Waals surface area contributed by atoms with Gasteiger partial charge in [-0.05, 0) is 12.1 Å². The second-order valence-corrected chi connectivity index (χ2v) is 5.53. The minimum absolute atomic E-state index is 0.720. The van der Waals surface area contributed by atoms with E-state index in [2.05, 4.69) is 19.8 Å². The highest BCUT2D eigenvalue weighted by Gasteiger charge is 2.18. The van der Waals surface area contributed by atoms with Crippen LogP contribution in [0.4, 0.5) is 10.8 Å². The number of pyridine rings is 1. The summed E-state index contributed by atoms with van der Waals surface area (Å²) >= 11 is 1.71. The third-order valence-electron chi connectivity index (χ3n) is 3.30.